The predicted octanol–water partition coefficient (Wildman–Crippen LogP) is 3.15. The topological polar surface area (TPSA) is 46.3 Å². The summed E-state index contributed by atoms with van der Waals surface area (Å²) in [5.41, 5.74) is 6.64. The van der Waals surface area contributed by atoms with Gasteiger partial charge in [0.05, 0.1) is 5.75 Å². The van der Waals surface area contributed by atoms with E-state index in [9.17, 15) is 4.79 Å². The summed E-state index contributed by atoms with van der Waals surface area (Å²) in [6, 6.07) is 7.72. The highest BCUT2D eigenvalue weighted by Crippen LogP contribution is 2.24. The molecule has 1 aliphatic rings. The first kappa shape index (κ1) is 14.3. The van der Waals surface area contributed by atoms with Crippen LogP contribution in [0.25, 0.3) is 0 Å². The summed E-state index contributed by atoms with van der Waals surface area (Å²) in [5, 5.41) is 0. The molecule has 0 atom stereocenters. The Kier molecular flexibility index (Phi) is 5.58. The molecule has 0 saturated carbocycles. The van der Waals surface area contributed by atoms with Crippen LogP contribution in [0.4, 0.5) is 5.69 Å². The third kappa shape index (κ3) is 4.46. The van der Waals surface area contributed by atoms with Gasteiger partial charge < -0.3 is 10.6 Å². The summed E-state index contributed by atoms with van der Waals surface area (Å²) >= 11 is 1.54. The molecule has 1 heterocycles. The highest BCUT2D eigenvalue weighted by molar-refractivity contribution is 8.00. The zero-order valence-corrected chi connectivity index (χ0v) is 12.1. The molecule has 1 saturated heterocycles. The Morgan fingerprint density at radius 1 is 1.11 bits per heavy atom. The van der Waals surface area contributed by atoms with Crippen molar-refractivity contribution in [3.05, 3.63) is 24.3 Å². The van der Waals surface area contributed by atoms with E-state index in [0.717, 1.165) is 36.5 Å². The molecule has 1 aliphatic heterocycles. The molecule has 4 heteroatoms. The van der Waals surface area contributed by atoms with Gasteiger partial charge >= 0.3 is 0 Å². The quantitative estimate of drug-likeness (QED) is 0.682. The molecule has 0 aromatic heterocycles. The van der Waals surface area contributed by atoms with E-state index < -0.39 is 0 Å². The van der Waals surface area contributed by atoms with E-state index >= 15 is 0 Å². The van der Waals surface area contributed by atoms with Gasteiger partial charge in [-0.25, -0.2) is 0 Å². The highest BCUT2D eigenvalue weighted by atomic mass is 32.2. The lowest BCUT2D eigenvalue weighted by atomic mass is 10.1. The Balaban J connectivity index is 1.84. The number of benzene rings is 1. The van der Waals surface area contributed by atoms with Crippen molar-refractivity contribution in [2.45, 2.75) is 37.0 Å². The van der Waals surface area contributed by atoms with Crippen molar-refractivity contribution >= 4 is 23.4 Å². The molecule has 1 aromatic carbocycles. The number of para-hydroxylation sites is 1. The first-order valence-corrected chi connectivity index (χ1v) is 8.01. The second-order valence-electron chi connectivity index (χ2n) is 4.98. The van der Waals surface area contributed by atoms with Gasteiger partial charge in [0.2, 0.25) is 5.91 Å². The van der Waals surface area contributed by atoms with E-state index in [2.05, 4.69) is 0 Å². The van der Waals surface area contributed by atoms with Crippen LogP contribution in [0, 0.1) is 0 Å². The maximum Gasteiger partial charge on any atom is 0.232 e. The van der Waals surface area contributed by atoms with Crippen molar-refractivity contribution in [2.75, 3.05) is 24.6 Å². The molecular formula is C15H22N2OS. The third-order valence-electron chi connectivity index (χ3n) is 3.48. The number of amides is 1. The average molecular weight is 278 g/mol. The van der Waals surface area contributed by atoms with E-state index in [1.807, 2.05) is 29.2 Å². The highest BCUT2D eigenvalue weighted by Gasteiger charge is 2.15. The van der Waals surface area contributed by atoms with Gasteiger partial charge in [0.15, 0.2) is 0 Å². The number of nitrogens with two attached hydrogens (primary N) is 1. The number of hydrogen-bond donors (Lipinski definition) is 1. The zero-order valence-electron chi connectivity index (χ0n) is 11.3. The lowest BCUT2D eigenvalue weighted by Gasteiger charge is -2.24. The van der Waals surface area contributed by atoms with E-state index in [0.29, 0.717) is 5.75 Å². The van der Waals surface area contributed by atoms with Gasteiger partial charge in [0.25, 0.3) is 0 Å². The van der Waals surface area contributed by atoms with Crippen LogP contribution in [-0.4, -0.2) is 29.6 Å². The summed E-state index contributed by atoms with van der Waals surface area (Å²) in [5.74, 6) is 0.740. The second-order valence-corrected chi connectivity index (χ2v) is 5.99. The van der Waals surface area contributed by atoms with Crippen LogP contribution in [0.15, 0.2) is 29.2 Å². The predicted molar refractivity (Wildman–Crippen MR) is 81.2 cm³/mol. The normalized spacial score (nSPS) is 16.7. The summed E-state index contributed by atoms with van der Waals surface area (Å²) in [6.45, 7) is 1.84. The Morgan fingerprint density at radius 2 is 1.74 bits per heavy atom. The molecule has 1 aromatic rings. The van der Waals surface area contributed by atoms with Gasteiger partial charge in [-0.1, -0.05) is 31.4 Å². The van der Waals surface area contributed by atoms with Crippen LogP contribution >= 0.6 is 11.8 Å². The first-order valence-electron chi connectivity index (χ1n) is 7.02. The van der Waals surface area contributed by atoms with Crippen LogP contribution in [0.5, 0.6) is 0 Å². The summed E-state index contributed by atoms with van der Waals surface area (Å²) < 4.78 is 0. The summed E-state index contributed by atoms with van der Waals surface area (Å²) in [7, 11) is 0. The molecule has 0 unspecified atom stereocenters. The van der Waals surface area contributed by atoms with E-state index in [1.165, 1.54) is 19.3 Å². The second kappa shape index (κ2) is 7.43. The minimum Gasteiger partial charge on any atom is -0.398 e. The number of nitrogen functional groups attached to an aromatic ring is 1. The fourth-order valence-electron chi connectivity index (χ4n) is 2.34. The smallest absolute Gasteiger partial charge is 0.232 e. The largest absolute Gasteiger partial charge is 0.398 e. The fourth-order valence-corrected chi connectivity index (χ4v) is 3.21. The SMILES string of the molecule is Nc1ccccc1SCC(=O)N1CCCCCCC1. The van der Waals surface area contributed by atoms with Gasteiger partial charge in [-0.15, -0.1) is 11.8 Å². The molecule has 2 rings (SSSR count). The van der Waals surface area contributed by atoms with Crippen molar-refractivity contribution < 1.29 is 4.79 Å². The van der Waals surface area contributed by atoms with Gasteiger partial charge in [-0.3, -0.25) is 4.79 Å². The fraction of sp³-hybridized carbons (Fsp3) is 0.533. The third-order valence-corrected chi connectivity index (χ3v) is 4.55. The van der Waals surface area contributed by atoms with Gasteiger partial charge in [-0.2, -0.15) is 0 Å². The standard InChI is InChI=1S/C15H22N2OS/c16-13-8-4-5-9-14(13)19-12-15(18)17-10-6-2-1-3-7-11-17/h4-5,8-9H,1-3,6-7,10-12,16H2. The van der Waals surface area contributed by atoms with Crippen LogP contribution < -0.4 is 5.73 Å². The van der Waals surface area contributed by atoms with Crippen molar-refractivity contribution in [3.8, 4) is 0 Å². The monoisotopic (exact) mass is 278 g/mol. The molecule has 0 spiro atoms. The van der Waals surface area contributed by atoms with Crippen LogP contribution in [0.2, 0.25) is 0 Å². The molecule has 0 aliphatic carbocycles. The first-order chi connectivity index (χ1) is 9.27. The van der Waals surface area contributed by atoms with Crippen molar-refractivity contribution in [2.24, 2.45) is 0 Å². The molecule has 19 heavy (non-hydrogen) atoms. The van der Waals surface area contributed by atoms with Gasteiger partial charge in [-0.05, 0) is 25.0 Å². The maximum atomic E-state index is 12.2. The number of carbonyl (C=O) groups is 1. The molecule has 104 valence electrons. The molecular weight excluding hydrogens is 256 g/mol. The number of thioether (sulfide) groups is 1. The number of rotatable bonds is 3. The van der Waals surface area contributed by atoms with Crippen molar-refractivity contribution in [1.29, 1.82) is 0 Å². The van der Waals surface area contributed by atoms with Crippen molar-refractivity contribution in [3.63, 3.8) is 0 Å². The maximum absolute atomic E-state index is 12.2. The summed E-state index contributed by atoms with van der Waals surface area (Å²) in [6.07, 6.45) is 6.11. The zero-order chi connectivity index (χ0) is 13.5. The van der Waals surface area contributed by atoms with Crippen LogP contribution in [-0.2, 0) is 4.79 Å². The summed E-state index contributed by atoms with van der Waals surface area (Å²) in [4.78, 5) is 15.2. The lowest BCUT2D eigenvalue weighted by Crippen LogP contribution is -2.35. The van der Waals surface area contributed by atoms with E-state index in [1.54, 1.807) is 11.8 Å². The Hall–Kier alpha value is -1.16. The molecule has 0 bridgehead atoms. The lowest BCUT2D eigenvalue weighted by molar-refractivity contribution is -0.128. The molecule has 0 radical (unpaired) electrons. The Bertz CT molecular complexity index is 414. The number of carbonyl (C=O) groups excluding carboxylic acids is 1. The van der Waals surface area contributed by atoms with E-state index in [4.69, 9.17) is 5.73 Å². The minimum absolute atomic E-state index is 0.246. The molecule has 1 fully saturated rings. The molecule has 3 nitrogen and oxygen atoms in total. The average Bonchev–Trinajstić information content (AvgIpc) is 2.37. The Morgan fingerprint density at radius 3 is 2.42 bits per heavy atom. The number of hydrogen-bond acceptors (Lipinski definition) is 3. The van der Waals surface area contributed by atoms with Crippen LogP contribution in [0.3, 0.4) is 0 Å². The van der Waals surface area contributed by atoms with Crippen LogP contribution in [0.1, 0.15) is 32.1 Å². The number of nitrogens with zero attached hydrogens (tertiary/aromatic N) is 1. The van der Waals surface area contributed by atoms with Gasteiger partial charge in [0.1, 0.15) is 0 Å². The Labute approximate surface area is 119 Å². The van der Waals surface area contributed by atoms with Crippen molar-refractivity contribution in [1.82, 2.24) is 4.90 Å². The van der Waals surface area contributed by atoms with Gasteiger partial charge in [0, 0.05) is 23.7 Å². The molecule has 2 N–H and O–H groups in total. The minimum atomic E-state index is 0.246. The number of anilines is 1. The molecule has 1 amide bonds. The van der Waals surface area contributed by atoms with E-state index in [-0.39, 0.29) is 5.91 Å². The number of likely N-dealkylation sites (tertiary alicyclic amines) is 1.